The minimum Gasteiger partial charge on any atom is -0.480 e. The molecule has 1 N–H and O–H groups in total. The van der Waals surface area contributed by atoms with Crippen molar-refractivity contribution in [1.29, 1.82) is 0 Å². The van der Waals surface area contributed by atoms with Crippen molar-refractivity contribution < 1.29 is 9.90 Å². The molecule has 4 heteroatoms. The van der Waals surface area contributed by atoms with Crippen LogP contribution in [-0.4, -0.2) is 40.6 Å². The molecule has 0 radical (unpaired) electrons. The molecule has 0 saturated heterocycles. The van der Waals surface area contributed by atoms with E-state index in [2.05, 4.69) is 23.3 Å². The Morgan fingerprint density at radius 3 is 2.79 bits per heavy atom. The molecule has 1 aromatic carbocycles. The summed E-state index contributed by atoms with van der Waals surface area (Å²) in [5.74, 6) is 0.460. The molecule has 1 heterocycles. The van der Waals surface area contributed by atoms with Crippen LogP contribution < -0.4 is 0 Å². The molecule has 0 fully saturated rings. The number of hydrogen-bond acceptors (Lipinski definition) is 3. The molecule has 1 aliphatic heterocycles. The third-order valence-electron chi connectivity index (χ3n) is 3.67. The third-order valence-corrected chi connectivity index (χ3v) is 4.37. The maximum absolute atomic E-state index is 11.4. The molecule has 0 bridgehead atoms. The Balaban J connectivity index is 2.02. The van der Waals surface area contributed by atoms with E-state index in [1.807, 2.05) is 23.9 Å². The second-order valence-electron chi connectivity index (χ2n) is 5.00. The smallest absolute Gasteiger partial charge is 0.321 e. The molecule has 1 aromatic rings. The molecule has 1 unspecified atom stereocenters. The monoisotopic (exact) mass is 279 g/mol. The van der Waals surface area contributed by atoms with Gasteiger partial charge in [-0.15, -0.1) is 0 Å². The molecule has 2 rings (SSSR count). The molecule has 3 nitrogen and oxygen atoms in total. The van der Waals surface area contributed by atoms with Gasteiger partial charge in [-0.05, 0) is 48.9 Å². The highest BCUT2D eigenvalue weighted by molar-refractivity contribution is 7.98. The molecule has 1 atom stereocenters. The summed E-state index contributed by atoms with van der Waals surface area (Å²) in [6.45, 7) is 1.65. The Morgan fingerprint density at radius 1 is 1.37 bits per heavy atom. The normalized spacial score (nSPS) is 19.1. The van der Waals surface area contributed by atoms with Crippen LogP contribution in [0, 0.1) is 0 Å². The fourth-order valence-corrected chi connectivity index (χ4v) is 3.11. The van der Waals surface area contributed by atoms with Crippen molar-refractivity contribution in [2.45, 2.75) is 31.8 Å². The summed E-state index contributed by atoms with van der Waals surface area (Å²) in [7, 11) is 0. The minimum atomic E-state index is -0.695. The number of unbranched alkanes of at least 4 members (excludes halogenated alkanes) is 1. The summed E-state index contributed by atoms with van der Waals surface area (Å²) in [5, 5.41) is 9.39. The van der Waals surface area contributed by atoms with Gasteiger partial charge in [0.05, 0.1) is 0 Å². The average Bonchev–Trinajstić information content (AvgIpc) is 2.42. The zero-order chi connectivity index (χ0) is 13.7. The van der Waals surface area contributed by atoms with Crippen LogP contribution in [0.4, 0.5) is 0 Å². The first-order valence-electron chi connectivity index (χ1n) is 6.75. The third kappa shape index (κ3) is 3.74. The van der Waals surface area contributed by atoms with E-state index < -0.39 is 5.97 Å². The molecule has 0 saturated carbocycles. The number of carboxylic acids is 1. The van der Waals surface area contributed by atoms with E-state index in [-0.39, 0.29) is 6.04 Å². The minimum absolute atomic E-state index is 0.357. The fourth-order valence-electron chi connectivity index (χ4n) is 2.62. The Kier molecular flexibility index (Phi) is 5.28. The average molecular weight is 279 g/mol. The molecular formula is C15H21NO2S. The first-order chi connectivity index (χ1) is 9.22. The number of carbonyl (C=O) groups is 1. The zero-order valence-corrected chi connectivity index (χ0v) is 12.2. The van der Waals surface area contributed by atoms with Crippen molar-refractivity contribution in [2.24, 2.45) is 0 Å². The van der Waals surface area contributed by atoms with Gasteiger partial charge in [0.15, 0.2) is 0 Å². The topological polar surface area (TPSA) is 40.5 Å². The van der Waals surface area contributed by atoms with Crippen LogP contribution in [-0.2, 0) is 17.8 Å². The number of hydrogen-bond donors (Lipinski definition) is 1. The predicted molar refractivity (Wildman–Crippen MR) is 79.6 cm³/mol. The highest BCUT2D eigenvalue weighted by atomic mass is 32.2. The van der Waals surface area contributed by atoms with Gasteiger partial charge in [0.2, 0.25) is 0 Å². The van der Waals surface area contributed by atoms with Crippen LogP contribution in [0.15, 0.2) is 24.3 Å². The predicted octanol–water partition coefficient (Wildman–Crippen LogP) is 2.64. The SMILES string of the molecule is CSCCCCN1Cc2ccccc2CC1C(=O)O. The fraction of sp³-hybridized carbons (Fsp3) is 0.533. The second-order valence-corrected chi connectivity index (χ2v) is 5.98. The van der Waals surface area contributed by atoms with Gasteiger partial charge in [0.1, 0.15) is 6.04 Å². The van der Waals surface area contributed by atoms with E-state index in [0.29, 0.717) is 6.42 Å². The van der Waals surface area contributed by atoms with Gasteiger partial charge in [-0.1, -0.05) is 24.3 Å². The summed E-state index contributed by atoms with van der Waals surface area (Å²) >= 11 is 1.85. The zero-order valence-electron chi connectivity index (χ0n) is 11.3. The molecular weight excluding hydrogens is 258 g/mol. The maximum atomic E-state index is 11.4. The van der Waals surface area contributed by atoms with Gasteiger partial charge >= 0.3 is 5.97 Å². The van der Waals surface area contributed by atoms with Crippen LogP contribution in [0.25, 0.3) is 0 Å². The molecule has 19 heavy (non-hydrogen) atoms. The number of thioether (sulfide) groups is 1. The Bertz CT molecular complexity index is 436. The molecule has 104 valence electrons. The lowest BCUT2D eigenvalue weighted by molar-refractivity contribution is -0.144. The summed E-state index contributed by atoms with van der Waals surface area (Å²) in [5.41, 5.74) is 2.47. The molecule has 0 amide bonds. The van der Waals surface area contributed by atoms with E-state index in [1.165, 1.54) is 11.1 Å². The summed E-state index contributed by atoms with van der Waals surface area (Å²) in [6.07, 6.45) is 4.98. The Hall–Kier alpha value is -1.00. The standard InChI is InChI=1S/C15H21NO2S/c1-19-9-5-4-8-16-11-13-7-3-2-6-12(13)10-14(16)15(17)18/h2-3,6-7,14H,4-5,8-11H2,1H3,(H,17,18). The molecule has 0 aliphatic carbocycles. The first-order valence-corrected chi connectivity index (χ1v) is 8.14. The number of rotatable bonds is 6. The lowest BCUT2D eigenvalue weighted by atomic mass is 9.94. The number of fused-ring (bicyclic) bond motifs is 1. The van der Waals surface area contributed by atoms with E-state index in [0.717, 1.165) is 31.7 Å². The highest BCUT2D eigenvalue weighted by Gasteiger charge is 2.30. The first kappa shape index (κ1) is 14.4. The summed E-state index contributed by atoms with van der Waals surface area (Å²) < 4.78 is 0. The van der Waals surface area contributed by atoms with Crippen molar-refractivity contribution >= 4 is 17.7 Å². The van der Waals surface area contributed by atoms with Crippen molar-refractivity contribution in [3.8, 4) is 0 Å². The number of nitrogens with zero attached hydrogens (tertiary/aromatic N) is 1. The van der Waals surface area contributed by atoms with Crippen LogP contribution in [0.5, 0.6) is 0 Å². The lowest BCUT2D eigenvalue weighted by Crippen LogP contribution is -2.45. The van der Waals surface area contributed by atoms with Crippen LogP contribution in [0.1, 0.15) is 24.0 Å². The van der Waals surface area contributed by atoms with Gasteiger partial charge in [0, 0.05) is 6.54 Å². The van der Waals surface area contributed by atoms with E-state index in [1.54, 1.807) is 0 Å². The van der Waals surface area contributed by atoms with E-state index in [9.17, 15) is 9.90 Å². The van der Waals surface area contributed by atoms with Crippen LogP contribution in [0.2, 0.25) is 0 Å². The van der Waals surface area contributed by atoms with Crippen molar-refractivity contribution in [3.05, 3.63) is 35.4 Å². The van der Waals surface area contributed by atoms with Crippen LogP contribution >= 0.6 is 11.8 Å². The number of carboxylic acid groups (broad SMARTS) is 1. The quantitative estimate of drug-likeness (QED) is 0.813. The van der Waals surface area contributed by atoms with Crippen molar-refractivity contribution in [3.63, 3.8) is 0 Å². The van der Waals surface area contributed by atoms with Gasteiger partial charge < -0.3 is 5.11 Å². The summed E-state index contributed by atoms with van der Waals surface area (Å²) in [6, 6.07) is 7.83. The molecule has 0 aromatic heterocycles. The van der Waals surface area contributed by atoms with Crippen molar-refractivity contribution in [1.82, 2.24) is 4.90 Å². The molecule has 0 spiro atoms. The summed E-state index contributed by atoms with van der Waals surface area (Å²) in [4.78, 5) is 13.5. The van der Waals surface area contributed by atoms with Crippen LogP contribution in [0.3, 0.4) is 0 Å². The molecule has 1 aliphatic rings. The Morgan fingerprint density at radius 2 is 2.11 bits per heavy atom. The van der Waals surface area contributed by atoms with E-state index >= 15 is 0 Å². The van der Waals surface area contributed by atoms with Gasteiger partial charge in [0.25, 0.3) is 0 Å². The number of aliphatic carboxylic acids is 1. The number of benzene rings is 1. The van der Waals surface area contributed by atoms with Gasteiger partial charge in [-0.25, -0.2) is 0 Å². The van der Waals surface area contributed by atoms with Gasteiger partial charge in [-0.3, -0.25) is 9.69 Å². The van der Waals surface area contributed by atoms with E-state index in [4.69, 9.17) is 0 Å². The second kappa shape index (κ2) is 6.96. The largest absolute Gasteiger partial charge is 0.480 e. The highest BCUT2D eigenvalue weighted by Crippen LogP contribution is 2.23. The van der Waals surface area contributed by atoms with Crippen molar-refractivity contribution in [2.75, 3.05) is 18.6 Å². The lowest BCUT2D eigenvalue weighted by Gasteiger charge is -2.34. The maximum Gasteiger partial charge on any atom is 0.321 e. The van der Waals surface area contributed by atoms with Gasteiger partial charge in [-0.2, -0.15) is 11.8 Å². The Labute approximate surface area is 119 Å².